The van der Waals surface area contributed by atoms with Crippen LogP contribution in [0.25, 0.3) is 33.3 Å². The number of nitrogens with zero attached hydrogens (tertiary/aromatic N) is 4. The Morgan fingerprint density at radius 1 is 0.900 bits per heavy atom. The third kappa shape index (κ3) is 6.50. The van der Waals surface area contributed by atoms with Gasteiger partial charge in [-0.25, -0.2) is 4.98 Å². The third-order valence-electron chi connectivity index (χ3n) is 10.7. The van der Waals surface area contributed by atoms with Crippen molar-refractivity contribution in [2.75, 3.05) is 0 Å². The topological polar surface area (TPSA) is 44.9 Å². The monoisotopic (exact) mass is 843 g/mol. The standard InChI is InChI=1S/C44H48N4O.Pt/c1-9-31-21-32(10-2)44(33(11-3)22-31)43-29(7)46-48(30(43)8)35-23-34(27(4)5)24-37(25-35)49-36-16-17-39-38-14-12-13-15-40(38)47(41(39)26-36)42-20-28(6)18-19-45-42;/h12-21,23-24,27,31,33,44H,9-11,22H2,1-8H3;/q-2;+2/t31-,33-,44?;/m0./s1. The molecule has 0 spiro atoms. The van der Waals surface area contributed by atoms with E-state index in [0.29, 0.717) is 35.2 Å². The number of allylic oxidation sites excluding steroid dienone is 2. The van der Waals surface area contributed by atoms with Gasteiger partial charge in [0, 0.05) is 40.4 Å². The van der Waals surface area contributed by atoms with E-state index < -0.39 is 0 Å². The van der Waals surface area contributed by atoms with Gasteiger partial charge in [-0.2, -0.15) is 11.2 Å². The van der Waals surface area contributed by atoms with Gasteiger partial charge in [0.05, 0.1) is 5.69 Å². The van der Waals surface area contributed by atoms with Crippen LogP contribution in [-0.2, 0) is 21.1 Å². The molecular weight excluding hydrogens is 796 g/mol. The van der Waals surface area contributed by atoms with E-state index in [1.807, 2.05) is 18.3 Å². The maximum absolute atomic E-state index is 6.64. The molecule has 50 heavy (non-hydrogen) atoms. The summed E-state index contributed by atoms with van der Waals surface area (Å²) in [6.45, 7) is 17.9. The van der Waals surface area contributed by atoms with E-state index in [9.17, 15) is 0 Å². The van der Waals surface area contributed by atoms with Gasteiger partial charge in [-0.05, 0) is 92.6 Å². The molecule has 0 bridgehead atoms. The van der Waals surface area contributed by atoms with Crippen molar-refractivity contribution in [2.24, 2.45) is 11.8 Å². The van der Waals surface area contributed by atoms with Crippen molar-refractivity contribution in [2.45, 2.75) is 92.9 Å². The van der Waals surface area contributed by atoms with E-state index >= 15 is 0 Å². The number of ether oxygens (including phenoxy) is 1. The van der Waals surface area contributed by atoms with E-state index in [1.54, 1.807) is 5.57 Å². The number of hydrogen-bond donors (Lipinski definition) is 0. The van der Waals surface area contributed by atoms with Gasteiger partial charge >= 0.3 is 21.1 Å². The Balaban J connectivity index is 0.00000432. The van der Waals surface area contributed by atoms with Crippen LogP contribution < -0.4 is 4.74 Å². The summed E-state index contributed by atoms with van der Waals surface area (Å²) in [7, 11) is 0. The predicted molar refractivity (Wildman–Crippen MR) is 201 cm³/mol. The molecule has 0 aliphatic heterocycles. The molecule has 0 N–H and O–H groups in total. The SMILES string of the molecule is CCC1=C[C@H](CC)C[C@H](CC)C1c1c(C)nn(-c2[c-]c(Oc3[c-]c4c(cc3)c3ccccc3n4-c3cc(C)ccn3)cc(C(C)C)c2)c1C.[Pt+2]. The van der Waals surface area contributed by atoms with Crippen molar-refractivity contribution in [3.05, 3.63) is 119 Å². The van der Waals surface area contributed by atoms with E-state index in [2.05, 4.69) is 131 Å². The molecule has 3 heterocycles. The van der Waals surface area contributed by atoms with Gasteiger partial charge in [0.25, 0.3) is 0 Å². The van der Waals surface area contributed by atoms with Crippen LogP contribution in [0, 0.1) is 44.7 Å². The van der Waals surface area contributed by atoms with E-state index in [1.165, 1.54) is 36.1 Å². The molecule has 1 aliphatic rings. The number of fused-ring (bicyclic) bond motifs is 3. The number of pyridine rings is 1. The molecule has 0 amide bonds. The maximum atomic E-state index is 6.64. The Bertz CT molecular complexity index is 2190. The maximum Gasteiger partial charge on any atom is 2.00 e. The summed E-state index contributed by atoms with van der Waals surface area (Å²) in [5.41, 5.74) is 10.5. The quantitative estimate of drug-likeness (QED) is 0.108. The zero-order valence-electron chi connectivity index (χ0n) is 30.6. The molecule has 3 aromatic heterocycles. The minimum Gasteiger partial charge on any atom is -0.509 e. The van der Waals surface area contributed by atoms with Gasteiger partial charge in [0.2, 0.25) is 0 Å². The predicted octanol–water partition coefficient (Wildman–Crippen LogP) is 11.7. The first kappa shape index (κ1) is 35.9. The molecule has 3 atom stereocenters. The fourth-order valence-electron chi connectivity index (χ4n) is 8.07. The largest absolute Gasteiger partial charge is 2.00 e. The second-order valence-corrected chi connectivity index (χ2v) is 14.2. The first-order valence-corrected chi connectivity index (χ1v) is 18.1. The van der Waals surface area contributed by atoms with Crippen LogP contribution in [0.3, 0.4) is 0 Å². The van der Waals surface area contributed by atoms with Crippen molar-refractivity contribution in [1.82, 2.24) is 19.3 Å². The summed E-state index contributed by atoms with van der Waals surface area (Å²) in [6, 6.07) is 28.3. The molecule has 1 unspecified atom stereocenters. The number of para-hydroxylation sites is 1. The zero-order valence-corrected chi connectivity index (χ0v) is 32.9. The van der Waals surface area contributed by atoms with Crippen LogP contribution in [0.15, 0.2) is 78.5 Å². The summed E-state index contributed by atoms with van der Waals surface area (Å²) < 4.78 is 10.9. The van der Waals surface area contributed by atoms with Crippen LogP contribution in [0.2, 0.25) is 0 Å². The average molecular weight is 844 g/mol. The average Bonchev–Trinajstić information content (AvgIpc) is 3.59. The molecule has 260 valence electrons. The van der Waals surface area contributed by atoms with Gasteiger partial charge in [-0.15, -0.1) is 41.3 Å². The second kappa shape index (κ2) is 14.7. The van der Waals surface area contributed by atoms with Crippen LogP contribution in [0.5, 0.6) is 11.5 Å². The smallest absolute Gasteiger partial charge is 0.509 e. The number of aromatic nitrogens is 4. The minimum absolute atomic E-state index is 0. The van der Waals surface area contributed by atoms with E-state index in [4.69, 9.17) is 14.8 Å². The number of hydrogen-bond acceptors (Lipinski definition) is 3. The first-order valence-electron chi connectivity index (χ1n) is 18.1. The van der Waals surface area contributed by atoms with Crippen molar-refractivity contribution >= 4 is 21.8 Å². The number of aryl methyl sites for hydroxylation is 2. The summed E-state index contributed by atoms with van der Waals surface area (Å²) in [5, 5.41) is 7.46. The molecular formula is C44H48N4OPt. The molecule has 6 aromatic rings. The van der Waals surface area contributed by atoms with Gasteiger partial charge in [0.1, 0.15) is 5.82 Å². The molecule has 0 saturated carbocycles. The molecule has 6 heteroatoms. The molecule has 1 aliphatic carbocycles. The van der Waals surface area contributed by atoms with Crippen molar-refractivity contribution < 1.29 is 25.8 Å². The van der Waals surface area contributed by atoms with Crippen LogP contribution in [0.1, 0.15) is 100 Å². The third-order valence-corrected chi connectivity index (χ3v) is 10.7. The first-order chi connectivity index (χ1) is 23.7. The van der Waals surface area contributed by atoms with Gasteiger partial charge in [-0.1, -0.05) is 76.4 Å². The summed E-state index contributed by atoms with van der Waals surface area (Å²) in [5.74, 6) is 4.17. The molecule has 0 fully saturated rings. The van der Waals surface area contributed by atoms with Crippen LogP contribution in [0.4, 0.5) is 0 Å². The normalized spacial score (nSPS) is 17.7. The molecule has 5 nitrogen and oxygen atoms in total. The fourth-order valence-corrected chi connectivity index (χ4v) is 8.07. The Labute approximate surface area is 312 Å². The molecule has 7 rings (SSSR count). The van der Waals surface area contributed by atoms with Crippen LogP contribution >= 0.6 is 0 Å². The fraction of sp³-hybridized carbons (Fsp3) is 0.364. The summed E-state index contributed by atoms with van der Waals surface area (Å²) >= 11 is 0. The zero-order chi connectivity index (χ0) is 34.4. The Morgan fingerprint density at radius 3 is 2.42 bits per heavy atom. The Hall–Kier alpha value is -3.95. The van der Waals surface area contributed by atoms with Crippen molar-refractivity contribution in [3.8, 4) is 23.0 Å². The molecule has 0 saturated heterocycles. The van der Waals surface area contributed by atoms with Gasteiger partial charge < -0.3 is 9.30 Å². The molecule has 3 aromatic carbocycles. The van der Waals surface area contributed by atoms with Crippen molar-refractivity contribution in [1.29, 1.82) is 0 Å². The molecule has 0 radical (unpaired) electrons. The second-order valence-electron chi connectivity index (χ2n) is 14.2. The number of rotatable bonds is 9. The van der Waals surface area contributed by atoms with Gasteiger partial charge in [-0.3, -0.25) is 4.68 Å². The van der Waals surface area contributed by atoms with E-state index in [0.717, 1.165) is 51.0 Å². The van der Waals surface area contributed by atoms with Crippen molar-refractivity contribution in [3.63, 3.8) is 0 Å². The Kier molecular flexibility index (Phi) is 10.6. The van der Waals surface area contributed by atoms with E-state index in [-0.39, 0.29) is 21.1 Å². The Morgan fingerprint density at radius 2 is 1.70 bits per heavy atom. The number of benzene rings is 3. The minimum atomic E-state index is 0. The summed E-state index contributed by atoms with van der Waals surface area (Å²) in [4.78, 5) is 4.73. The summed E-state index contributed by atoms with van der Waals surface area (Å²) in [6.07, 6.45) is 9.15. The van der Waals surface area contributed by atoms with Gasteiger partial charge in [0.15, 0.2) is 0 Å². The van der Waals surface area contributed by atoms with Crippen LogP contribution in [-0.4, -0.2) is 19.3 Å².